The lowest BCUT2D eigenvalue weighted by Gasteiger charge is -2.15. The van der Waals surface area contributed by atoms with Gasteiger partial charge < -0.3 is 15.4 Å². The summed E-state index contributed by atoms with van der Waals surface area (Å²) in [6.45, 7) is -0.577. The number of aromatic nitrogens is 3. The second-order valence-corrected chi connectivity index (χ2v) is 7.66. The van der Waals surface area contributed by atoms with Gasteiger partial charge in [0, 0.05) is 17.6 Å². The van der Waals surface area contributed by atoms with E-state index in [4.69, 9.17) is 4.74 Å². The molecule has 11 heteroatoms. The molecule has 35 heavy (non-hydrogen) atoms. The fourth-order valence-electron chi connectivity index (χ4n) is 3.49. The summed E-state index contributed by atoms with van der Waals surface area (Å²) in [4.78, 5) is 16.5. The number of hydrogen-bond acceptors (Lipinski definition) is 4. The van der Waals surface area contributed by atoms with Gasteiger partial charge in [0.1, 0.15) is 11.5 Å². The Balaban J connectivity index is 1.39. The lowest BCUT2D eigenvalue weighted by Crippen LogP contribution is -2.20. The van der Waals surface area contributed by atoms with Crippen molar-refractivity contribution < 1.29 is 27.1 Å². The van der Waals surface area contributed by atoms with Crippen LogP contribution in [0.25, 0.3) is 11.0 Å². The van der Waals surface area contributed by atoms with Gasteiger partial charge >= 0.3 is 12.2 Å². The zero-order valence-corrected chi connectivity index (χ0v) is 18.3. The van der Waals surface area contributed by atoms with E-state index in [2.05, 4.69) is 25.8 Å². The zero-order valence-electron chi connectivity index (χ0n) is 18.3. The standard InChI is InChI=1S/C24H21F4N5O2/c25-11-2-1-3-15-4-5-17(13-20(15)24(26,27)28)32-23(34)31-16-6-8-18(9-7-16)35-21-10-12-29-22-19(21)14-30-33-22/h4-10,12-14H,1-3,11H2,(H,29,30,33)(H2,31,32,34). The topological polar surface area (TPSA) is 91.9 Å². The molecule has 0 bridgehead atoms. The Bertz CT molecular complexity index is 1310. The molecule has 182 valence electrons. The number of carbonyl (C=O) groups is 1. The highest BCUT2D eigenvalue weighted by atomic mass is 19.4. The summed E-state index contributed by atoms with van der Waals surface area (Å²) in [5.41, 5.74) is 0.203. The van der Waals surface area contributed by atoms with Crippen molar-refractivity contribution in [3.63, 3.8) is 0 Å². The van der Waals surface area contributed by atoms with Crippen LogP contribution in [0, 0.1) is 0 Å². The van der Waals surface area contributed by atoms with Crippen molar-refractivity contribution in [1.29, 1.82) is 0 Å². The number of aryl methyl sites for hydroxylation is 1. The summed E-state index contributed by atoms with van der Waals surface area (Å²) < 4.78 is 58.5. The van der Waals surface area contributed by atoms with Gasteiger partial charge in [0.05, 0.1) is 23.8 Å². The second-order valence-electron chi connectivity index (χ2n) is 7.66. The SMILES string of the molecule is O=C(Nc1ccc(Oc2ccnc3[nH]ncc23)cc1)Nc1ccc(CCCCF)c(C(F)(F)F)c1. The van der Waals surface area contributed by atoms with Crippen LogP contribution < -0.4 is 15.4 Å². The van der Waals surface area contributed by atoms with Crippen LogP contribution in [0.2, 0.25) is 0 Å². The Morgan fingerprint density at radius 1 is 1.00 bits per heavy atom. The van der Waals surface area contributed by atoms with Crippen LogP contribution in [-0.2, 0) is 12.6 Å². The third-order valence-electron chi connectivity index (χ3n) is 5.16. The van der Waals surface area contributed by atoms with Crippen molar-refractivity contribution in [3.8, 4) is 11.5 Å². The summed E-state index contributed by atoms with van der Waals surface area (Å²) in [5.74, 6) is 1.05. The van der Waals surface area contributed by atoms with Gasteiger partial charge in [-0.05, 0) is 67.3 Å². The van der Waals surface area contributed by atoms with E-state index in [0.717, 1.165) is 6.07 Å². The van der Waals surface area contributed by atoms with Crippen LogP contribution in [0.15, 0.2) is 60.9 Å². The van der Waals surface area contributed by atoms with Crippen LogP contribution in [0.3, 0.4) is 0 Å². The molecule has 0 aliphatic rings. The predicted molar refractivity (Wildman–Crippen MR) is 123 cm³/mol. The number of H-pyrrole nitrogens is 1. The molecule has 2 aromatic heterocycles. The van der Waals surface area contributed by atoms with Crippen LogP contribution in [-0.4, -0.2) is 27.9 Å². The normalized spacial score (nSPS) is 11.4. The quantitative estimate of drug-likeness (QED) is 0.190. The van der Waals surface area contributed by atoms with Crippen LogP contribution in [0.4, 0.5) is 33.7 Å². The minimum Gasteiger partial charge on any atom is -0.456 e. The molecule has 0 radical (unpaired) electrons. The number of rotatable bonds is 8. The number of aromatic amines is 1. The molecular formula is C24H21F4N5O2. The molecule has 0 spiro atoms. The Morgan fingerprint density at radius 3 is 2.49 bits per heavy atom. The number of benzene rings is 2. The van der Waals surface area contributed by atoms with E-state index >= 15 is 0 Å². The van der Waals surface area contributed by atoms with Gasteiger partial charge in [-0.25, -0.2) is 9.78 Å². The van der Waals surface area contributed by atoms with Crippen molar-refractivity contribution in [3.05, 3.63) is 72.1 Å². The molecule has 0 atom stereocenters. The summed E-state index contributed by atoms with van der Waals surface area (Å²) in [6.07, 6.45) is -0.812. The van der Waals surface area contributed by atoms with Crippen molar-refractivity contribution in [2.45, 2.75) is 25.4 Å². The number of unbranched alkanes of at least 4 members (excludes halogenated alkanes) is 1. The number of alkyl halides is 4. The highest BCUT2D eigenvalue weighted by molar-refractivity contribution is 5.99. The first-order valence-electron chi connectivity index (χ1n) is 10.7. The summed E-state index contributed by atoms with van der Waals surface area (Å²) in [6, 6.07) is 11.0. The number of pyridine rings is 1. The molecule has 0 saturated carbocycles. The molecular weight excluding hydrogens is 466 g/mol. The lowest BCUT2D eigenvalue weighted by molar-refractivity contribution is -0.138. The van der Waals surface area contributed by atoms with Crippen molar-refractivity contribution >= 4 is 28.4 Å². The number of hydrogen-bond donors (Lipinski definition) is 3. The van der Waals surface area contributed by atoms with Gasteiger partial charge in [-0.1, -0.05) is 6.07 Å². The molecule has 2 heterocycles. The first kappa shape index (κ1) is 24.0. The predicted octanol–water partition coefficient (Wildman–Crippen LogP) is 6.71. The number of anilines is 2. The number of nitrogens with zero attached hydrogens (tertiary/aromatic N) is 2. The molecule has 0 fully saturated rings. The summed E-state index contributed by atoms with van der Waals surface area (Å²) in [7, 11) is 0. The molecule has 7 nitrogen and oxygen atoms in total. The average Bonchev–Trinajstić information content (AvgIpc) is 3.31. The Morgan fingerprint density at radius 2 is 1.74 bits per heavy atom. The van der Waals surface area contributed by atoms with E-state index in [1.807, 2.05) is 0 Å². The number of halogens is 4. The van der Waals surface area contributed by atoms with E-state index in [-0.39, 0.29) is 24.1 Å². The van der Waals surface area contributed by atoms with Gasteiger partial charge in [-0.3, -0.25) is 9.49 Å². The maximum Gasteiger partial charge on any atom is 0.416 e. The number of carbonyl (C=O) groups excluding carboxylic acids is 1. The minimum absolute atomic E-state index is 0.00849. The molecule has 4 aromatic rings. The van der Waals surface area contributed by atoms with E-state index in [9.17, 15) is 22.4 Å². The van der Waals surface area contributed by atoms with Crippen LogP contribution in [0.1, 0.15) is 24.0 Å². The molecule has 0 aliphatic carbocycles. The van der Waals surface area contributed by atoms with Crippen molar-refractivity contribution in [2.75, 3.05) is 17.3 Å². The highest BCUT2D eigenvalue weighted by Crippen LogP contribution is 2.35. The summed E-state index contributed by atoms with van der Waals surface area (Å²) in [5, 5.41) is 12.4. The largest absolute Gasteiger partial charge is 0.456 e. The van der Waals surface area contributed by atoms with E-state index in [1.54, 1.807) is 42.7 Å². The lowest BCUT2D eigenvalue weighted by atomic mass is 10.0. The van der Waals surface area contributed by atoms with Gasteiger partial charge in [0.15, 0.2) is 5.65 Å². The molecule has 0 saturated heterocycles. The van der Waals surface area contributed by atoms with Crippen molar-refractivity contribution in [2.24, 2.45) is 0 Å². The Labute approximate surface area is 197 Å². The molecule has 2 aromatic carbocycles. The first-order chi connectivity index (χ1) is 16.8. The molecule has 2 amide bonds. The van der Waals surface area contributed by atoms with Gasteiger partial charge in [-0.2, -0.15) is 18.3 Å². The third kappa shape index (κ3) is 6.05. The third-order valence-corrected chi connectivity index (χ3v) is 5.16. The van der Waals surface area contributed by atoms with Gasteiger partial charge in [0.25, 0.3) is 0 Å². The Kier molecular flexibility index (Phi) is 7.14. The fourth-order valence-corrected chi connectivity index (χ4v) is 3.49. The maximum atomic E-state index is 13.5. The Hall–Kier alpha value is -4.15. The summed E-state index contributed by atoms with van der Waals surface area (Å²) >= 11 is 0. The fraction of sp³-hybridized carbons (Fsp3) is 0.208. The van der Waals surface area contributed by atoms with Crippen LogP contribution in [0.5, 0.6) is 11.5 Å². The average molecular weight is 487 g/mol. The maximum absolute atomic E-state index is 13.5. The highest BCUT2D eigenvalue weighted by Gasteiger charge is 2.33. The number of urea groups is 1. The molecule has 4 rings (SSSR count). The minimum atomic E-state index is -4.59. The number of nitrogens with one attached hydrogen (secondary N) is 3. The van der Waals surface area contributed by atoms with Crippen LogP contribution >= 0.6 is 0 Å². The van der Waals surface area contributed by atoms with E-state index < -0.39 is 24.4 Å². The molecule has 0 aliphatic heterocycles. The van der Waals surface area contributed by atoms with Crippen molar-refractivity contribution in [1.82, 2.24) is 15.2 Å². The number of fused-ring (bicyclic) bond motifs is 1. The number of ether oxygens (including phenoxy) is 1. The zero-order chi connectivity index (χ0) is 24.8. The van der Waals surface area contributed by atoms with E-state index in [1.165, 1.54) is 12.1 Å². The second kappa shape index (κ2) is 10.4. The number of amides is 2. The first-order valence-corrected chi connectivity index (χ1v) is 10.7. The molecule has 0 unspecified atom stereocenters. The monoisotopic (exact) mass is 487 g/mol. The van der Waals surface area contributed by atoms with Gasteiger partial charge in [-0.15, -0.1) is 0 Å². The van der Waals surface area contributed by atoms with Gasteiger partial charge in [0.2, 0.25) is 0 Å². The molecule has 3 N–H and O–H groups in total. The smallest absolute Gasteiger partial charge is 0.416 e. The van der Waals surface area contributed by atoms with E-state index in [0.29, 0.717) is 34.6 Å².